The van der Waals surface area contributed by atoms with Gasteiger partial charge < -0.3 is 23.5 Å². The van der Waals surface area contributed by atoms with E-state index in [9.17, 15) is 0 Å². The van der Waals surface area contributed by atoms with Crippen LogP contribution in [-0.2, 0) is 18.8 Å². The van der Waals surface area contributed by atoms with Gasteiger partial charge in [0.05, 0.1) is 24.4 Å². The van der Waals surface area contributed by atoms with Crippen molar-refractivity contribution in [1.29, 1.82) is 0 Å². The molecule has 0 amide bonds. The van der Waals surface area contributed by atoms with Crippen molar-refractivity contribution in [3.05, 3.63) is 24.3 Å². The average Bonchev–Trinajstić information content (AvgIpc) is 2.84. The van der Waals surface area contributed by atoms with Crippen molar-refractivity contribution >= 4 is 12.6 Å². The third-order valence-corrected chi connectivity index (χ3v) is 5.40. The van der Waals surface area contributed by atoms with Gasteiger partial charge in [-0.2, -0.15) is 0 Å². The topological polar surface area (TPSA) is 46.2 Å². The van der Waals surface area contributed by atoms with Crippen LogP contribution in [0, 0.1) is 0 Å². The standard InChI is InChI=1S/C20H31BO5/c1-19(2)20(3,4)26-21(25-19)16-9-11-17(12-10-16)22-14-7-15-24-18-8-5-6-13-23-18/h9-12,18H,5-8,13-15H2,1-4H3. The molecule has 1 unspecified atom stereocenters. The van der Waals surface area contributed by atoms with Gasteiger partial charge in [0.1, 0.15) is 5.75 Å². The first-order chi connectivity index (χ1) is 12.4. The Labute approximate surface area is 157 Å². The van der Waals surface area contributed by atoms with Crippen molar-refractivity contribution in [3.63, 3.8) is 0 Å². The summed E-state index contributed by atoms with van der Waals surface area (Å²) >= 11 is 0. The quantitative estimate of drug-likeness (QED) is 0.550. The molecule has 1 aromatic rings. The van der Waals surface area contributed by atoms with E-state index >= 15 is 0 Å². The molecule has 1 atom stereocenters. The molecular formula is C20H31BO5. The van der Waals surface area contributed by atoms with Gasteiger partial charge in [0.15, 0.2) is 6.29 Å². The molecule has 0 aromatic heterocycles. The zero-order valence-corrected chi connectivity index (χ0v) is 16.5. The number of ether oxygens (including phenoxy) is 3. The van der Waals surface area contributed by atoms with Crippen molar-refractivity contribution in [2.45, 2.75) is 70.9 Å². The summed E-state index contributed by atoms with van der Waals surface area (Å²) < 4.78 is 29.2. The van der Waals surface area contributed by atoms with Gasteiger partial charge in [-0.3, -0.25) is 0 Å². The third-order valence-electron chi connectivity index (χ3n) is 5.40. The summed E-state index contributed by atoms with van der Waals surface area (Å²) in [7, 11) is -0.335. The Morgan fingerprint density at radius 1 is 1.00 bits per heavy atom. The summed E-state index contributed by atoms with van der Waals surface area (Å²) in [6.45, 7) is 10.3. The van der Waals surface area contributed by atoms with Crippen LogP contribution in [0.5, 0.6) is 5.75 Å². The smallest absolute Gasteiger partial charge is 0.494 e. The van der Waals surface area contributed by atoms with Crippen LogP contribution in [0.3, 0.4) is 0 Å². The van der Waals surface area contributed by atoms with Gasteiger partial charge in [0.2, 0.25) is 0 Å². The van der Waals surface area contributed by atoms with Crippen molar-refractivity contribution in [3.8, 4) is 5.75 Å². The Morgan fingerprint density at radius 2 is 1.69 bits per heavy atom. The number of benzene rings is 1. The fourth-order valence-electron chi connectivity index (χ4n) is 3.01. The predicted octanol–water partition coefficient (Wildman–Crippen LogP) is 3.30. The number of rotatable bonds is 7. The molecule has 0 aliphatic carbocycles. The molecule has 2 saturated heterocycles. The van der Waals surface area contributed by atoms with Crippen molar-refractivity contribution in [2.75, 3.05) is 19.8 Å². The van der Waals surface area contributed by atoms with Crippen molar-refractivity contribution in [2.24, 2.45) is 0 Å². The largest absolute Gasteiger partial charge is 0.494 e. The third kappa shape index (κ3) is 4.80. The van der Waals surface area contributed by atoms with Gasteiger partial charge in [-0.15, -0.1) is 0 Å². The second kappa shape index (κ2) is 8.30. The SMILES string of the molecule is CC1(C)OB(c2ccc(OCCCOC3CCCCO3)cc2)OC1(C)C. The lowest BCUT2D eigenvalue weighted by atomic mass is 9.79. The highest BCUT2D eigenvalue weighted by Crippen LogP contribution is 2.36. The number of hydrogen-bond donors (Lipinski definition) is 0. The van der Waals surface area contributed by atoms with Crippen LogP contribution < -0.4 is 10.2 Å². The Bertz CT molecular complexity index is 550. The molecule has 0 spiro atoms. The molecule has 5 nitrogen and oxygen atoms in total. The molecule has 0 radical (unpaired) electrons. The van der Waals surface area contributed by atoms with Gasteiger partial charge in [0, 0.05) is 13.0 Å². The second-order valence-electron chi connectivity index (χ2n) is 8.03. The fourth-order valence-corrected chi connectivity index (χ4v) is 3.01. The molecule has 0 N–H and O–H groups in total. The first-order valence-corrected chi connectivity index (χ1v) is 9.69. The Hall–Kier alpha value is -1.08. The lowest BCUT2D eigenvalue weighted by Gasteiger charge is -2.32. The predicted molar refractivity (Wildman–Crippen MR) is 102 cm³/mol. The lowest BCUT2D eigenvalue weighted by molar-refractivity contribution is -0.163. The molecule has 0 saturated carbocycles. The van der Waals surface area contributed by atoms with E-state index in [1.807, 2.05) is 24.3 Å². The Kier molecular flexibility index (Phi) is 6.28. The summed E-state index contributed by atoms with van der Waals surface area (Å²) in [5.74, 6) is 0.846. The zero-order chi connectivity index (χ0) is 18.6. The van der Waals surface area contributed by atoms with E-state index in [-0.39, 0.29) is 24.6 Å². The van der Waals surface area contributed by atoms with E-state index in [0.717, 1.165) is 37.1 Å². The van der Waals surface area contributed by atoms with E-state index in [0.29, 0.717) is 13.2 Å². The molecule has 3 rings (SSSR count). The molecule has 2 fully saturated rings. The number of hydrogen-bond acceptors (Lipinski definition) is 5. The summed E-state index contributed by atoms with van der Waals surface area (Å²) in [5, 5.41) is 0. The average molecular weight is 362 g/mol. The Balaban J connectivity index is 1.39. The highest BCUT2D eigenvalue weighted by molar-refractivity contribution is 6.62. The van der Waals surface area contributed by atoms with Crippen molar-refractivity contribution < 1.29 is 23.5 Å². The molecule has 6 heteroatoms. The fraction of sp³-hybridized carbons (Fsp3) is 0.700. The van der Waals surface area contributed by atoms with Gasteiger partial charge in [0.25, 0.3) is 0 Å². The minimum absolute atomic E-state index is 0.0250. The molecular weight excluding hydrogens is 331 g/mol. The molecule has 2 aliphatic rings. The molecule has 0 bridgehead atoms. The highest BCUT2D eigenvalue weighted by atomic mass is 16.7. The monoisotopic (exact) mass is 362 g/mol. The maximum atomic E-state index is 6.07. The maximum Gasteiger partial charge on any atom is 0.494 e. The molecule has 1 aromatic carbocycles. The minimum Gasteiger partial charge on any atom is -0.494 e. The van der Waals surface area contributed by atoms with Crippen LogP contribution in [0.4, 0.5) is 0 Å². The van der Waals surface area contributed by atoms with E-state index in [2.05, 4.69) is 27.7 Å². The van der Waals surface area contributed by atoms with Crippen molar-refractivity contribution in [1.82, 2.24) is 0 Å². The van der Waals surface area contributed by atoms with Crippen LogP contribution in [-0.4, -0.2) is 44.4 Å². The lowest BCUT2D eigenvalue weighted by Crippen LogP contribution is -2.41. The summed E-state index contributed by atoms with van der Waals surface area (Å²) in [4.78, 5) is 0. The second-order valence-corrected chi connectivity index (χ2v) is 8.03. The van der Waals surface area contributed by atoms with Gasteiger partial charge in [-0.1, -0.05) is 12.1 Å². The van der Waals surface area contributed by atoms with Crippen LogP contribution in [0.15, 0.2) is 24.3 Å². The first-order valence-electron chi connectivity index (χ1n) is 9.69. The molecule has 2 aliphatic heterocycles. The van der Waals surface area contributed by atoms with Crippen LogP contribution in [0.1, 0.15) is 53.4 Å². The Morgan fingerprint density at radius 3 is 2.31 bits per heavy atom. The first kappa shape index (κ1) is 19.7. The maximum absolute atomic E-state index is 6.07. The van der Waals surface area contributed by atoms with E-state index in [4.69, 9.17) is 23.5 Å². The van der Waals surface area contributed by atoms with Gasteiger partial charge in [-0.05, 0) is 64.6 Å². The summed E-state index contributed by atoms with van der Waals surface area (Å²) in [6, 6.07) is 7.94. The van der Waals surface area contributed by atoms with Crippen LogP contribution in [0.25, 0.3) is 0 Å². The van der Waals surface area contributed by atoms with Gasteiger partial charge >= 0.3 is 7.12 Å². The minimum atomic E-state index is -0.335. The van der Waals surface area contributed by atoms with Gasteiger partial charge in [-0.25, -0.2) is 0 Å². The summed E-state index contributed by atoms with van der Waals surface area (Å²) in [5.41, 5.74) is 0.359. The van der Waals surface area contributed by atoms with Crippen LogP contribution >= 0.6 is 0 Å². The van der Waals surface area contributed by atoms with E-state index < -0.39 is 0 Å². The van der Waals surface area contributed by atoms with E-state index in [1.54, 1.807) is 0 Å². The van der Waals surface area contributed by atoms with E-state index in [1.165, 1.54) is 6.42 Å². The highest BCUT2D eigenvalue weighted by Gasteiger charge is 2.51. The summed E-state index contributed by atoms with van der Waals surface area (Å²) in [6.07, 6.45) is 4.16. The van der Waals surface area contributed by atoms with Crippen LogP contribution in [0.2, 0.25) is 0 Å². The molecule has 2 heterocycles. The zero-order valence-electron chi connectivity index (χ0n) is 16.5. The molecule has 26 heavy (non-hydrogen) atoms. The molecule has 144 valence electrons. The normalized spacial score (nSPS) is 24.6.